The molecule has 0 radical (unpaired) electrons. The maximum atomic E-state index is 12.3. The molecule has 1 aliphatic heterocycles. The molecule has 0 aliphatic carbocycles. The molecular formula is C15H26N4O2. The minimum absolute atomic E-state index is 0.00539. The number of aromatic nitrogens is 2. The molecular weight excluding hydrogens is 268 g/mol. The lowest BCUT2D eigenvalue weighted by atomic mass is 9.88. The lowest BCUT2D eigenvalue weighted by molar-refractivity contribution is -0.125. The molecule has 6 heteroatoms. The highest BCUT2D eigenvalue weighted by Gasteiger charge is 2.35. The van der Waals surface area contributed by atoms with E-state index in [0.29, 0.717) is 6.54 Å². The first-order chi connectivity index (χ1) is 9.94. The van der Waals surface area contributed by atoms with Crippen LogP contribution in [0.3, 0.4) is 0 Å². The van der Waals surface area contributed by atoms with Gasteiger partial charge in [-0.1, -0.05) is 0 Å². The number of hydrogen-bond donors (Lipinski definition) is 1. The first kappa shape index (κ1) is 16.0. The van der Waals surface area contributed by atoms with Crippen molar-refractivity contribution in [2.45, 2.75) is 38.3 Å². The lowest BCUT2D eigenvalue weighted by Gasteiger charge is -2.43. The fourth-order valence-corrected chi connectivity index (χ4v) is 2.70. The molecule has 0 bridgehead atoms. The van der Waals surface area contributed by atoms with E-state index >= 15 is 0 Å². The molecule has 1 N–H and O–H groups in total. The number of hydrogen-bond acceptors (Lipinski definition) is 4. The van der Waals surface area contributed by atoms with Crippen LogP contribution in [0.4, 0.5) is 0 Å². The number of ether oxygens (including phenoxy) is 1. The van der Waals surface area contributed by atoms with Crippen molar-refractivity contribution in [1.82, 2.24) is 20.0 Å². The van der Waals surface area contributed by atoms with Crippen molar-refractivity contribution in [1.29, 1.82) is 0 Å². The Hall–Kier alpha value is -1.40. The van der Waals surface area contributed by atoms with Crippen molar-refractivity contribution < 1.29 is 9.53 Å². The Morgan fingerprint density at radius 2 is 2.19 bits per heavy atom. The van der Waals surface area contributed by atoms with Gasteiger partial charge >= 0.3 is 0 Å². The second-order valence-corrected chi connectivity index (χ2v) is 6.12. The van der Waals surface area contributed by atoms with Crippen LogP contribution in [-0.2, 0) is 9.53 Å². The molecule has 2 rings (SSSR count). The molecule has 118 valence electrons. The largest absolute Gasteiger partial charge is 0.381 e. The van der Waals surface area contributed by atoms with Gasteiger partial charge in [-0.25, -0.2) is 0 Å². The van der Waals surface area contributed by atoms with E-state index in [-0.39, 0.29) is 17.5 Å². The van der Waals surface area contributed by atoms with Crippen molar-refractivity contribution in [2.75, 3.05) is 33.9 Å². The number of likely N-dealkylation sites (N-methyl/N-ethyl adjacent to an activating group) is 1. The van der Waals surface area contributed by atoms with Gasteiger partial charge in [0.2, 0.25) is 5.91 Å². The molecule has 0 aromatic carbocycles. The topological polar surface area (TPSA) is 59.4 Å². The molecule has 1 aliphatic rings. The smallest absolute Gasteiger partial charge is 0.244 e. The Bertz CT molecular complexity index is 478. The van der Waals surface area contributed by atoms with Gasteiger partial charge in [0.25, 0.3) is 0 Å². The summed E-state index contributed by atoms with van der Waals surface area (Å²) in [5.41, 5.74) is 1.05. The van der Waals surface area contributed by atoms with E-state index in [4.69, 9.17) is 4.74 Å². The second-order valence-electron chi connectivity index (χ2n) is 6.12. The van der Waals surface area contributed by atoms with Crippen molar-refractivity contribution >= 4 is 5.91 Å². The Kier molecular flexibility index (Phi) is 5.00. The zero-order chi connectivity index (χ0) is 15.5. The van der Waals surface area contributed by atoms with Gasteiger partial charge in [-0.2, -0.15) is 5.10 Å². The summed E-state index contributed by atoms with van der Waals surface area (Å²) in [6.45, 7) is 5.99. The Morgan fingerprint density at radius 3 is 2.71 bits per heavy atom. The number of carbonyl (C=O) groups excluding carboxylic acids is 1. The molecule has 1 atom stereocenters. The summed E-state index contributed by atoms with van der Waals surface area (Å²) >= 11 is 0. The van der Waals surface area contributed by atoms with E-state index in [1.807, 2.05) is 20.0 Å². The minimum atomic E-state index is -0.294. The summed E-state index contributed by atoms with van der Waals surface area (Å²) < 4.78 is 7.15. The summed E-state index contributed by atoms with van der Waals surface area (Å²) in [5.74, 6) is 0.00539. The van der Waals surface area contributed by atoms with E-state index in [1.165, 1.54) is 0 Å². The number of rotatable bonds is 5. The predicted octanol–water partition coefficient (Wildman–Crippen LogP) is 0.980. The zero-order valence-electron chi connectivity index (χ0n) is 13.4. The van der Waals surface area contributed by atoms with Crippen LogP contribution in [0.15, 0.2) is 12.4 Å². The minimum Gasteiger partial charge on any atom is -0.381 e. The van der Waals surface area contributed by atoms with Crippen LogP contribution in [0.1, 0.15) is 31.4 Å². The van der Waals surface area contributed by atoms with Gasteiger partial charge in [0.05, 0.1) is 6.20 Å². The summed E-state index contributed by atoms with van der Waals surface area (Å²) in [6.07, 6.45) is 5.54. The quantitative estimate of drug-likeness (QED) is 0.879. The van der Waals surface area contributed by atoms with Gasteiger partial charge < -0.3 is 15.0 Å². The summed E-state index contributed by atoms with van der Waals surface area (Å²) in [5, 5.41) is 7.29. The molecule has 0 spiro atoms. The summed E-state index contributed by atoms with van der Waals surface area (Å²) in [7, 11) is 4.13. The summed E-state index contributed by atoms with van der Waals surface area (Å²) in [4.78, 5) is 14.5. The van der Waals surface area contributed by atoms with Crippen molar-refractivity contribution in [3.8, 4) is 0 Å². The molecule has 6 nitrogen and oxygen atoms in total. The summed E-state index contributed by atoms with van der Waals surface area (Å²) in [6, 6.07) is -0.294. The average molecular weight is 294 g/mol. The van der Waals surface area contributed by atoms with Crippen LogP contribution < -0.4 is 5.32 Å². The molecule has 1 aromatic rings. The third kappa shape index (κ3) is 3.63. The fraction of sp³-hybridized carbons (Fsp3) is 0.733. The van der Waals surface area contributed by atoms with Crippen LogP contribution in [0.2, 0.25) is 0 Å². The van der Waals surface area contributed by atoms with Crippen LogP contribution in [-0.4, -0.2) is 60.0 Å². The first-order valence-electron chi connectivity index (χ1n) is 7.48. The van der Waals surface area contributed by atoms with Gasteiger partial charge in [-0.15, -0.1) is 0 Å². The van der Waals surface area contributed by atoms with E-state index in [1.54, 1.807) is 10.9 Å². The van der Waals surface area contributed by atoms with Crippen LogP contribution >= 0.6 is 0 Å². The average Bonchev–Trinajstić information content (AvgIpc) is 2.91. The Labute approximate surface area is 126 Å². The van der Waals surface area contributed by atoms with Gasteiger partial charge in [-0.3, -0.25) is 9.48 Å². The van der Waals surface area contributed by atoms with Gasteiger partial charge in [-0.05, 0) is 46.3 Å². The second kappa shape index (κ2) is 6.58. The SMILES string of the molecule is Cc1cnn([C@H](C)C(=O)NCC2(N(C)C)CCOCC2)c1. The number of carbonyl (C=O) groups is 1. The van der Waals surface area contributed by atoms with Gasteiger partial charge in [0, 0.05) is 31.5 Å². The number of nitrogens with zero attached hydrogens (tertiary/aromatic N) is 3. The highest BCUT2D eigenvalue weighted by atomic mass is 16.5. The monoisotopic (exact) mass is 294 g/mol. The highest BCUT2D eigenvalue weighted by Crippen LogP contribution is 2.25. The van der Waals surface area contributed by atoms with Crippen molar-refractivity contribution in [3.05, 3.63) is 18.0 Å². The van der Waals surface area contributed by atoms with Crippen LogP contribution in [0.5, 0.6) is 0 Å². The fourth-order valence-electron chi connectivity index (χ4n) is 2.70. The zero-order valence-corrected chi connectivity index (χ0v) is 13.4. The normalized spacial score (nSPS) is 19.5. The molecule has 2 heterocycles. The molecule has 0 saturated carbocycles. The number of aryl methyl sites for hydroxylation is 1. The Balaban J connectivity index is 1.95. The van der Waals surface area contributed by atoms with Crippen molar-refractivity contribution in [2.24, 2.45) is 0 Å². The maximum Gasteiger partial charge on any atom is 0.244 e. The lowest BCUT2D eigenvalue weighted by Crippen LogP contribution is -2.56. The predicted molar refractivity (Wildman–Crippen MR) is 81.2 cm³/mol. The van der Waals surface area contributed by atoms with Gasteiger partial charge in [0.1, 0.15) is 6.04 Å². The number of amides is 1. The first-order valence-corrected chi connectivity index (χ1v) is 7.48. The van der Waals surface area contributed by atoms with Crippen LogP contribution in [0, 0.1) is 6.92 Å². The van der Waals surface area contributed by atoms with Crippen molar-refractivity contribution in [3.63, 3.8) is 0 Å². The Morgan fingerprint density at radius 1 is 1.52 bits per heavy atom. The van der Waals surface area contributed by atoms with E-state index in [9.17, 15) is 4.79 Å². The van der Waals surface area contributed by atoms with Gasteiger partial charge in [0.15, 0.2) is 0 Å². The third-order valence-corrected chi connectivity index (χ3v) is 4.47. The number of nitrogens with one attached hydrogen (secondary N) is 1. The molecule has 1 saturated heterocycles. The van der Waals surface area contributed by atoms with E-state index < -0.39 is 0 Å². The standard InChI is InChI=1S/C15H26N4O2/c1-12-9-17-19(10-12)13(2)14(20)16-11-15(18(3)4)5-7-21-8-6-15/h9-10,13H,5-8,11H2,1-4H3,(H,16,20)/t13-/m1/s1. The maximum absolute atomic E-state index is 12.3. The highest BCUT2D eigenvalue weighted by molar-refractivity contribution is 5.79. The molecule has 1 fully saturated rings. The molecule has 1 aromatic heterocycles. The molecule has 0 unspecified atom stereocenters. The molecule has 1 amide bonds. The van der Waals surface area contributed by atoms with E-state index in [2.05, 4.69) is 29.4 Å². The van der Waals surface area contributed by atoms with Crippen LogP contribution in [0.25, 0.3) is 0 Å². The molecule has 21 heavy (non-hydrogen) atoms. The third-order valence-electron chi connectivity index (χ3n) is 4.47. The van der Waals surface area contributed by atoms with E-state index in [0.717, 1.165) is 31.6 Å².